The summed E-state index contributed by atoms with van der Waals surface area (Å²) in [5, 5.41) is 27.1. The Morgan fingerprint density at radius 2 is 2.27 bits per heavy atom. The first-order valence-electron chi connectivity index (χ1n) is 7.41. The Hall–Kier alpha value is -2.92. The van der Waals surface area contributed by atoms with Crippen molar-refractivity contribution in [3.8, 4) is 0 Å². The van der Waals surface area contributed by atoms with Gasteiger partial charge in [-0.3, -0.25) is 25.5 Å². The number of tetrazole rings is 1. The molecule has 0 spiro atoms. The van der Waals surface area contributed by atoms with E-state index in [1.165, 1.54) is 29.0 Å². The number of aryl methyl sites for hydroxylation is 1. The van der Waals surface area contributed by atoms with Gasteiger partial charge in [0.2, 0.25) is 11.9 Å². The number of benzene rings is 1. The van der Waals surface area contributed by atoms with Gasteiger partial charge >= 0.3 is 0 Å². The highest BCUT2D eigenvalue weighted by molar-refractivity contribution is 7.80. The van der Waals surface area contributed by atoms with Gasteiger partial charge in [-0.1, -0.05) is 29.7 Å². The van der Waals surface area contributed by atoms with E-state index >= 15 is 0 Å². The molecule has 2 rings (SSSR count). The van der Waals surface area contributed by atoms with E-state index in [1.807, 2.05) is 6.92 Å². The third-order valence-electron chi connectivity index (χ3n) is 3.02. The summed E-state index contributed by atoms with van der Waals surface area (Å²) in [7, 11) is 0. The van der Waals surface area contributed by atoms with Gasteiger partial charge in [0, 0.05) is 18.7 Å². The van der Waals surface area contributed by atoms with Gasteiger partial charge in [0.1, 0.15) is 5.02 Å². The van der Waals surface area contributed by atoms with Crippen molar-refractivity contribution in [2.45, 2.75) is 19.9 Å². The summed E-state index contributed by atoms with van der Waals surface area (Å²) in [6, 6.07) is 4.20. The van der Waals surface area contributed by atoms with Gasteiger partial charge < -0.3 is 0 Å². The molecule has 0 saturated heterocycles. The lowest BCUT2D eigenvalue weighted by atomic mass is 10.2. The number of nitro benzene ring substituents is 1. The maximum atomic E-state index is 11.9. The van der Waals surface area contributed by atoms with Crippen molar-refractivity contribution in [2.24, 2.45) is 0 Å². The van der Waals surface area contributed by atoms with Crippen LogP contribution in [-0.4, -0.2) is 36.2 Å². The van der Waals surface area contributed by atoms with Crippen LogP contribution in [0.2, 0.25) is 5.02 Å². The molecule has 0 bridgehead atoms. The van der Waals surface area contributed by atoms with Crippen molar-refractivity contribution < 1.29 is 9.72 Å². The molecular formula is C14H14ClN7O3S. The molecule has 2 N–H and O–H groups in total. The molecule has 0 aliphatic carbocycles. The summed E-state index contributed by atoms with van der Waals surface area (Å²) in [6.45, 7) is 2.57. The van der Waals surface area contributed by atoms with E-state index in [2.05, 4.69) is 26.2 Å². The lowest BCUT2D eigenvalue weighted by molar-refractivity contribution is -0.384. The molecule has 1 aromatic heterocycles. The molecule has 0 radical (unpaired) electrons. The summed E-state index contributed by atoms with van der Waals surface area (Å²) < 4.78 is 1.52. The van der Waals surface area contributed by atoms with Crippen molar-refractivity contribution in [3.05, 3.63) is 45.0 Å². The number of halogens is 1. The molecular weight excluding hydrogens is 382 g/mol. The minimum absolute atomic E-state index is 0.0202. The first-order valence-corrected chi connectivity index (χ1v) is 8.19. The Morgan fingerprint density at radius 1 is 1.50 bits per heavy atom. The summed E-state index contributed by atoms with van der Waals surface area (Å²) in [6.07, 6.45) is 3.42. The highest BCUT2D eigenvalue weighted by Gasteiger charge is 2.12. The number of anilines is 1. The maximum Gasteiger partial charge on any atom is 0.288 e. The molecule has 1 amide bonds. The smallest absolute Gasteiger partial charge is 0.288 e. The maximum absolute atomic E-state index is 11.9. The van der Waals surface area contributed by atoms with Crippen LogP contribution in [0, 0.1) is 10.1 Å². The fraction of sp³-hybridized carbons (Fsp3) is 0.214. The fourth-order valence-electron chi connectivity index (χ4n) is 1.89. The van der Waals surface area contributed by atoms with E-state index in [9.17, 15) is 14.9 Å². The van der Waals surface area contributed by atoms with Crippen LogP contribution in [-0.2, 0) is 11.3 Å². The van der Waals surface area contributed by atoms with E-state index < -0.39 is 10.8 Å². The van der Waals surface area contributed by atoms with Crippen LogP contribution < -0.4 is 10.6 Å². The molecule has 0 unspecified atom stereocenters. The van der Waals surface area contributed by atoms with Crippen LogP contribution in [0.5, 0.6) is 0 Å². The number of amides is 1. The SMILES string of the molecule is CCCn1nnnc1NC(=S)NC(=O)/C=C/c1ccc(Cl)c([N+](=O)[O-])c1. The topological polar surface area (TPSA) is 128 Å². The first-order chi connectivity index (χ1) is 12.4. The van der Waals surface area contributed by atoms with Crippen molar-refractivity contribution in [1.29, 1.82) is 0 Å². The molecule has 2 aromatic rings. The quantitative estimate of drug-likeness (QED) is 0.329. The normalized spacial score (nSPS) is 10.7. The second-order valence-electron chi connectivity index (χ2n) is 4.97. The largest absolute Gasteiger partial charge is 0.300 e. The monoisotopic (exact) mass is 395 g/mol. The van der Waals surface area contributed by atoms with Gasteiger partial charge in [0.15, 0.2) is 5.11 Å². The third kappa shape index (κ3) is 5.29. The predicted molar refractivity (Wildman–Crippen MR) is 99.6 cm³/mol. The lowest BCUT2D eigenvalue weighted by Crippen LogP contribution is -2.33. The van der Waals surface area contributed by atoms with Gasteiger partial charge in [-0.25, -0.2) is 4.68 Å². The van der Waals surface area contributed by atoms with E-state index in [0.29, 0.717) is 18.1 Å². The average Bonchev–Trinajstić information content (AvgIpc) is 3.01. The number of nitro groups is 1. The summed E-state index contributed by atoms with van der Waals surface area (Å²) >= 11 is 10.8. The van der Waals surface area contributed by atoms with Gasteiger partial charge in [-0.15, -0.1) is 0 Å². The van der Waals surface area contributed by atoms with Crippen LogP contribution in [0.1, 0.15) is 18.9 Å². The number of nitrogens with one attached hydrogen (secondary N) is 2. The second-order valence-corrected chi connectivity index (χ2v) is 5.79. The number of thiocarbonyl (C=S) groups is 1. The molecule has 0 atom stereocenters. The third-order valence-corrected chi connectivity index (χ3v) is 3.55. The van der Waals surface area contributed by atoms with Crippen molar-refractivity contribution in [3.63, 3.8) is 0 Å². The van der Waals surface area contributed by atoms with E-state index in [0.717, 1.165) is 6.42 Å². The molecule has 12 heteroatoms. The first kappa shape index (κ1) is 19.4. The molecule has 0 saturated carbocycles. The number of aromatic nitrogens is 4. The minimum atomic E-state index is -0.598. The summed E-state index contributed by atoms with van der Waals surface area (Å²) in [5.41, 5.74) is 0.205. The van der Waals surface area contributed by atoms with Gasteiger partial charge in [-0.05, 0) is 46.8 Å². The Kier molecular flexibility index (Phi) is 6.69. The number of hydrogen-bond donors (Lipinski definition) is 2. The zero-order chi connectivity index (χ0) is 19.1. The van der Waals surface area contributed by atoms with Crippen LogP contribution in [0.25, 0.3) is 6.08 Å². The van der Waals surface area contributed by atoms with E-state index in [4.69, 9.17) is 23.8 Å². The molecule has 1 aromatic carbocycles. The summed E-state index contributed by atoms with van der Waals surface area (Å²) in [5.74, 6) is -0.205. The zero-order valence-corrected chi connectivity index (χ0v) is 15.1. The lowest BCUT2D eigenvalue weighted by Gasteiger charge is -2.07. The number of rotatable bonds is 6. The van der Waals surface area contributed by atoms with E-state index in [1.54, 1.807) is 6.07 Å². The van der Waals surface area contributed by atoms with Crippen LogP contribution in [0.15, 0.2) is 24.3 Å². The zero-order valence-electron chi connectivity index (χ0n) is 13.5. The number of hydrogen-bond acceptors (Lipinski definition) is 7. The highest BCUT2D eigenvalue weighted by atomic mass is 35.5. The van der Waals surface area contributed by atoms with Crippen LogP contribution in [0.3, 0.4) is 0 Å². The second kappa shape index (κ2) is 8.97. The molecule has 26 heavy (non-hydrogen) atoms. The molecule has 0 aliphatic heterocycles. The van der Waals surface area contributed by atoms with Gasteiger partial charge in [0.05, 0.1) is 4.92 Å². The Labute approximate surface area is 158 Å². The van der Waals surface area contributed by atoms with Crippen molar-refractivity contribution >= 4 is 52.6 Å². The Balaban J connectivity index is 1.96. The van der Waals surface area contributed by atoms with Crippen molar-refractivity contribution in [1.82, 2.24) is 25.5 Å². The number of nitrogens with zero attached hydrogens (tertiary/aromatic N) is 5. The van der Waals surface area contributed by atoms with E-state index in [-0.39, 0.29) is 15.8 Å². The molecule has 0 aliphatic rings. The fourth-order valence-corrected chi connectivity index (χ4v) is 2.27. The van der Waals surface area contributed by atoms with Crippen LogP contribution in [0.4, 0.5) is 11.6 Å². The highest BCUT2D eigenvalue weighted by Crippen LogP contribution is 2.25. The number of carbonyl (C=O) groups is 1. The summed E-state index contributed by atoms with van der Waals surface area (Å²) in [4.78, 5) is 22.2. The number of carbonyl (C=O) groups excluding carboxylic acids is 1. The predicted octanol–water partition coefficient (Wildman–Crippen LogP) is 2.17. The molecule has 0 fully saturated rings. The molecule has 136 valence electrons. The van der Waals surface area contributed by atoms with Gasteiger partial charge in [-0.2, -0.15) is 0 Å². The van der Waals surface area contributed by atoms with Gasteiger partial charge in [0.25, 0.3) is 5.69 Å². The Morgan fingerprint density at radius 3 is 2.96 bits per heavy atom. The standard InChI is InChI=1S/C14H14ClN7O3S/c1-2-7-21-13(18-19-20-21)17-14(26)16-12(23)6-4-9-3-5-10(15)11(8-9)22(24)25/h3-6,8H,2,7H2,1H3,(H2,16,17,18,20,23,26)/b6-4+. The molecule has 1 heterocycles. The Bertz CT molecular complexity index is 868. The molecule has 10 nitrogen and oxygen atoms in total. The average molecular weight is 396 g/mol. The van der Waals surface area contributed by atoms with Crippen LogP contribution >= 0.6 is 23.8 Å². The van der Waals surface area contributed by atoms with Crippen molar-refractivity contribution in [2.75, 3.05) is 5.32 Å². The minimum Gasteiger partial charge on any atom is -0.300 e.